The van der Waals surface area contributed by atoms with Crippen LogP contribution in [0.15, 0.2) is 0 Å². The molecule has 0 aliphatic carbocycles. The first-order chi connectivity index (χ1) is 1.91. The van der Waals surface area contributed by atoms with Crippen molar-refractivity contribution in [2.75, 3.05) is 0 Å². The fraction of sp³-hybridized carbons (Fsp3) is 0. The second-order valence-corrected chi connectivity index (χ2v) is 0.204. The van der Waals surface area contributed by atoms with Gasteiger partial charge in [0.1, 0.15) is 0 Å². The Hall–Kier alpha value is 2.43. The van der Waals surface area contributed by atoms with Crippen molar-refractivity contribution in [2.24, 2.45) is 0 Å². The first kappa shape index (κ1) is 15.8. The van der Waals surface area contributed by atoms with Crippen LogP contribution in [0.5, 0.6) is 0 Å². The zero-order valence-electron chi connectivity index (χ0n) is 3.82. The van der Waals surface area contributed by atoms with Gasteiger partial charge >= 0.3 is 103 Å². The van der Waals surface area contributed by atoms with Crippen LogP contribution in [0.4, 0.5) is 0 Å². The molecule has 0 amide bonds. The Morgan fingerprint density at radius 1 is 0.833 bits per heavy atom. The summed E-state index contributed by atoms with van der Waals surface area (Å²) in [6.07, 6.45) is 1.75. The van der Waals surface area contributed by atoms with Gasteiger partial charge in [0, 0.05) is 0 Å². The minimum absolute atomic E-state index is 0. The van der Waals surface area contributed by atoms with Gasteiger partial charge in [-0.25, -0.2) is 0 Å². The molecule has 0 aromatic rings. The van der Waals surface area contributed by atoms with Crippen LogP contribution < -0.4 is 113 Å². The fourth-order valence-corrected chi connectivity index (χ4v) is 0. The average Bonchev–Trinajstić information content (AvgIpc) is 1.37. The van der Waals surface area contributed by atoms with Gasteiger partial charge < -0.3 is 10.2 Å². The molecule has 0 atom stereocenters. The van der Waals surface area contributed by atoms with Gasteiger partial charge in [0.2, 0.25) is 0 Å². The SMILES string of the molecule is [K+].[K+].[O-]C#C[O-]. The van der Waals surface area contributed by atoms with Crippen LogP contribution in [0.2, 0.25) is 0 Å². The van der Waals surface area contributed by atoms with Crippen molar-refractivity contribution in [3.8, 4) is 12.2 Å². The summed E-state index contributed by atoms with van der Waals surface area (Å²) in [5, 5.41) is 17.2. The van der Waals surface area contributed by atoms with Crippen LogP contribution in [-0.2, 0) is 0 Å². The van der Waals surface area contributed by atoms with E-state index in [9.17, 15) is 0 Å². The maximum atomic E-state index is 8.62. The van der Waals surface area contributed by atoms with Gasteiger partial charge in [0.15, 0.2) is 0 Å². The molecule has 0 aliphatic rings. The molecule has 0 saturated carbocycles. The quantitative estimate of drug-likeness (QED) is 0.244. The van der Waals surface area contributed by atoms with E-state index in [0.717, 1.165) is 12.2 Å². The van der Waals surface area contributed by atoms with Gasteiger partial charge in [-0.15, -0.1) is 0 Å². The number of rotatable bonds is 0. The fourth-order valence-electron chi connectivity index (χ4n) is 0. The Morgan fingerprint density at radius 2 is 1.00 bits per heavy atom. The molecular formula is C2K2O2. The van der Waals surface area contributed by atoms with E-state index in [0.29, 0.717) is 0 Å². The van der Waals surface area contributed by atoms with Crippen molar-refractivity contribution < 1.29 is 113 Å². The third-order valence-corrected chi connectivity index (χ3v) is 0.0417. The van der Waals surface area contributed by atoms with Crippen LogP contribution in [0, 0.1) is 12.2 Å². The van der Waals surface area contributed by atoms with E-state index in [4.69, 9.17) is 10.2 Å². The zero-order chi connectivity index (χ0) is 3.41. The molecule has 0 aromatic heterocycles. The van der Waals surface area contributed by atoms with Gasteiger partial charge in [-0.1, -0.05) is 0 Å². The molecule has 0 heterocycles. The van der Waals surface area contributed by atoms with Crippen molar-refractivity contribution in [3.63, 3.8) is 0 Å². The first-order valence-electron chi connectivity index (χ1n) is 0.658. The van der Waals surface area contributed by atoms with Crippen molar-refractivity contribution in [2.45, 2.75) is 0 Å². The summed E-state index contributed by atoms with van der Waals surface area (Å²) in [5.74, 6) is 0. The molecule has 2 nitrogen and oxygen atoms in total. The minimum Gasteiger partial charge on any atom is -0.833 e. The van der Waals surface area contributed by atoms with E-state index >= 15 is 0 Å². The summed E-state index contributed by atoms with van der Waals surface area (Å²) >= 11 is 0. The molecular weight excluding hydrogens is 134 g/mol. The molecule has 0 fully saturated rings. The third-order valence-electron chi connectivity index (χ3n) is 0.0417. The Bertz CT molecular complexity index is 46.3. The summed E-state index contributed by atoms with van der Waals surface area (Å²) in [6, 6.07) is 0. The molecule has 0 radical (unpaired) electrons. The van der Waals surface area contributed by atoms with Gasteiger partial charge in [-0.3, -0.25) is 0 Å². The minimum atomic E-state index is 0. The Labute approximate surface area is 122 Å². The molecule has 0 rings (SSSR count). The van der Waals surface area contributed by atoms with Crippen molar-refractivity contribution in [1.29, 1.82) is 0 Å². The van der Waals surface area contributed by atoms with Gasteiger partial charge in [0.25, 0.3) is 0 Å². The average molecular weight is 134 g/mol. The Balaban J connectivity index is -0.0000000450. The van der Waals surface area contributed by atoms with E-state index in [2.05, 4.69) is 0 Å². The van der Waals surface area contributed by atoms with Crippen LogP contribution in [0.25, 0.3) is 0 Å². The largest absolute Gasteiger partial charge is 1.00 e. The Morgan fingerprint density at radius 3 is 1.00 bits per heavy atom. The van der Waals surface area contributed by atoms with Crippen molar-refractivity contribution in [1.82, 2.24) is 0 Å². The van der Waals surface area contributed by atoms with Gasteiger partial charge in [-0.05, 0) is 0 Å². The molecule has 22 valence electrons. The summed E-state index contributed by atoms with van der Waals surface area (Å²) in [6.45, 7) is 0. The number of hydrogen-bond donors (Lipinski definition) is 0. The maximum Gasteiger partial charge on any atom is 1.00 e. The smallest absolute Gasteiger partial charge is 0.833 e. The molecule has 4 heteroatoms. The second-order valence-electron chi connectivity index (χ2n) is 0.204. The normalized spacial score (nSPS) is 2.00. The van der Waals surface area contributed by atoms with Gasteiger partial charge in [0.05, 0.1) is 0 Å². The van der Waals surface area contributed by atoms with E-state index in [1.54, 1.807) is 0 Å². The van der Waals surface area contributed by atoms with Crippen molar-refractivity contribution >= 4 is 0 Å². The van der Waals surface area contributed by atoms with E-state index in [1.165, 1.54) is 0 Å². The molecule has 6 heavy (non-hydrogen) atoms. The monoisotopic (exact) mass is 134 g/mol. The molecule has 0 N–H and O–H groups in total. The molecule has 0 bridgehead atoms. The summed E-state index contributed by atoms with van der Waals surface area (Å²) in [4.78, 5) is 0. The topological polar surface area (TPSA) is 46.1 Å². The standard InChI is InChI=1S/C2H2O2.2K/c3-1-2-4;;/h3-4H;;/q;2*+1/p-2. The van der Waals surface area contributed by atoms with E-state index in [-0.39, 0.29) is 103 Å². The maximum absolute atomic E-state index is 8.62. The zero-order valence-corrected chi connectivity index (χ0v) is 10.1. The summed E-state index contributed by atoms with van der Waals surface area (Å²) in [7, 11) is 0. The van der Waals surface area contributed by atoms with Gasteiger partial charge in [-0.2, -0.15) is 12.2 Å². The molecule has 0 saturated heterocycles. The molecule has 0 spiro atoms. The first-order valence-corrected chi connectivity index (χ1v) is 0.658. The predicted molar refractivity (Wildman–Crippen MR) is 7.78 cm³/mol. The predicted octanol–water partition coefficient (Wildman–Crippen LogP) is -8.37. The third kappa shape index (κ3) is 16.1. The van der Waals surface area contributed by atoms with Crippen molar-refractivity contribution in [3.05, 3.63) is 0 Å². The molecule has 0 aliphatic heterocycles. The van der Waals surface area contributed by atoms with E-state index < -0.39 is 0 Å². The number of hydrogen-bond acceptors (Lipinski definition) is 2. The Kier molecular flexibility index (Phi) is 41.2. The van der Waals surface area contributed by atoms with E-state index in [1.807, 2.05) is 0 Å². The van der Waals surface area contributed by atoms with Crippen LogP contribution in [0.3, 0.4) is 0 Å². The molecule has 0 aromatic carbocycles. The van der Waals surface area contributed by atoms with Crippen LogP contribution in [-0.4, -0.2) is 0 Å². The summed E-state index contributed by atoms with van der Waals surface area (Å²) in [5.41, 5.74) is 0. The summed E-state index contributed by atoms with van der Waals surface area (Å²) < 4.78 is 0. The van der Waals surface area contributed by atoms with Crippen LogP contribution in [0.1, 0.15) is 0 Å². The van der Waals surface area contributed by atoms with Crippen LogP contribution >= 0.6 is 0 Å². The molecule has 0 unspecified atom stereocenters. The second kappa shape index (κ2) is 15.7.